The first-order chi connectivity index (χ1) is 13.5. The minimum atomic E-state index is -0.945. The quantitative estimate of drug-likeness (QED) is 0.715. The van der Waals surface area contributed by atoms with Crippen LogP contribution in [0.2, 0.25) is 0 Å². The second-order valence-electron chi connectivity index (χ2n) is 6.34. The number of ether oxygens (including phenoxy) is 1. The van der Waals surface area contributed by atoms with Crippen LogP contribution in [0.5, 0.6) is 0 Å². The second-order valence-corrected chi connectivity index (χ2v) is 7.29. The van der Waals surface area contributed by atoms with Crippen molar-refractivity contribution in [2.75, 3.05) is 13.2 Å². The zero-order valence-electron chi connectivity index (χ0n) is 15.1. The van der Waals surface area contributed by atoms with E-state index in [-0.39, 0.29) is 18.2 Å². The molecule has 2 heterocycles. The Labute approximate surface area is 166 Å². The Balaban J connectivity index is 1.64. The van der Waals surface area contributed by atoms with Gasteiger partial charge in [0.15, 0.2) is 6.61 Å². The van der Waals surface area contributed by atoms with Gasteiger partial charge in [-0.25, -0.2) is 4.79 Å². The van der Waals surface area contributed by atoms with Gasteiger partial charge < -0.3 is 10.1 Å². The molecule has 1 aliphatic heterocycles. The fourth-order valence-electron chi connectivity index (χ4n) is 2.90. The van der Waals surface area contributed by atoms with Gasteiger partial charge in [-0.2, -0.15) is 0 Å². The normalized spacial score (nSPS) is 14.6. The van der Waals surface area contributed by atoms with Crippen molar-refractivity contribution in [3.05, 3.63) is 58.3 Å². The average molecular weight is 400 g/mol. The fraction of sp³-hybridized carbons (Fsp3) is 0.300. The molecule has 3 rings (SSSR count). The Morgan fingerprint density at radius 1 is 1.14 bits per heavy atom. The molecule has 0 bridgehead atoms. The smallest absolute Gasteiger partial charge is 0.329 e. The molecule has 8 heteroatoms. The van der Waals surface area contributed by atoms with Gasteiger partial charge >= 0.3 is 5.97 Å². The predicted octanol–water partition coefficient (Wildman–Crippen LogP) is 1.78. The summed E-state index contributed by atoms with van der Waals surface area (Å²) in [6.45, 7) is -0.178. The minimum Gasteiger partial charge on any atom is -0.454 e. The van der Waals surface area contributed by atoms with Crippen LogP contribution in [-0.2, 0) is 25.5 Å². The van der Waals surface area contributed by atoms with Crippen LogP contribution in [0.15, 0.2) is 47.8 Å². The van der Waals surface area contributed by atoms with Crippen LogP contribution in [0.3, 0.4) is 0 Å². The highest BCUT2D eigenvalue weighted by Crippen LogP contribution is 2.12. The summed E-state index contributed by atoms with van der Waals surface area (Å²) >= 11 is 1.26. The van der Waals surface area contributed by atoms with Gasteiger partial charge in [-0.05, 0) is 23.4 Å². The largest absolute Gasteiger partial charge is 0.454 e. The molecule has 1 saturated heterocycles. The van der Waals surface area contributed by atoms with E-state index in [1.807, 2.05) is 30.3 Å². The number of rotatable bonds is 7. The number of hydrogen-bond acceptors (Lipinski definition) is 6. The van der Waals surface area contributed by atoms with Crippen LogP contribution >= 0.6 is 11.3 Å². The van der Waals surface area contributed by atoms with E-state index in [2.05, 4.69) is 5.32 Å². The van der Waals surface area contributed by atoms with Crippen molar-refractivity contribution in [2.45, 2.75) is 25.3 Å². The number of benzene rings is 1. The maximum absolute atomic E-state index is 12.6. The highest BCUT2D eigenvalue weighted by Gasteiger charge is 2.29. The third-order valence-corrected chi connectivity index (χ3v) is 5.20. The lowest BCUT2D eigenvalue weighted by molar-refractivity contribution is -0.155. The Morgan fingerprint density at radius 3 is 2.57 bits per heavy atom. The van der Waals surface area contributed by atoms with Crippen LogP contribution < -0.4 is 5.32 Å². The number of amides is 3. The SMILES string of the molecule is O=C(N[C@@H](Cc1ccccc1)C(=O)OCC(=O)N1CCCC1=O)c1cccs1. The Morgan fingerprint density at radius 2 is 1.93 bits per heavy atom. The number of nitrogens with zero attached hydrogens (tertiary/aromatic N) is 1. The van der Waals surface area contributed by atoms with E-state index >= 15 is 0 Å². The molecule has 1 aromatic heterocycles. The molecule has 1 fully saturated rings. The zero-order valence-corrected chi connectivity index (χ0v) is 15.9. The van der Waals surface area contributed by atoms with E-state index in [1.54, 1.807) is 17.5 Å². The number of hydrogen-bond donors (Lipinski definition) is 1. The van der Waals surface area contributed by atoms with Crippen molar-refractivity contribution in [1.29, 1.82) is 0 Å². The number of nitrogens with one attached hydrogen (secondary N) is 1. The summed E-state index contributed by atoms with van der Waals surface area (Å²) in [5, 5.41) is 4.44. The number of carbonyl (C=O) groups is 4. The fourth-order valence-corrected chi connectivity index (χ4v) is 3.53. The van der Waals surface area contributed by atoms with Crippen molar-refractivity contribution < 1.29 is 23.9 Å². The van der Waals surface area contributed by atoms with Crippen LogP contribution in [0.1, 0.15) is 28.1 Å². The molecule has 1 N–H and O–H groups in total. The van der Waals surface area contributed by atoms with Gasteiger partial charge in [0.05, 0.1) is 4.88 Å². The summed E-state index contributed by atoms with van der Waals surface area (Å²) in [4.78, 5) is 50.2. The van der Waals surface area contributed by atoms with Crippen molar-refractivity contribution in [1.82, 2.24) is 10.2 Å². The van der Waals surface area contributed by atoms with Gasteiger partial charge in [-0.1, -0.05) is 36.4 Å². The number of esters is 1. The maximum atomic E-state index is 12.6. The number of carbonyl (C=O) groups excluding carboxylic acids is 4. The topological polar surface area (TPSA) is 92.8 Å². The lowest BCUT2D eigenvalue weighted by Gasteiger charge is -2.19. The highest BCUT2D eigenvalue weighted by atomic mass is 32.1. The summed E-state index contributed by atoms with van der Waals surface area (Å²) in [7, 11) is 0. The van der Waals surface area contributed by atoms with Crippen molar-refractivity contribution in [3.63, 3.8) is 0 Å². The van der Waals surface area contributed by atoms with Crippen molar-refractivity contribution >= 4 is 35.0 Å². The molecular weight excluding hydrogens is 380 g/mol. The number of thiophene rings is 1. The molecule has 0 aliphatic carbocycles. The Bertz CT molecular complexity index is 851. The van der Waals surface area contributed by atoms with E-state index in [0.717, 1.165) is 10.5 Å². The maximum Gasteiger partial charge on any atom is 0.329 e. The third-order valence-electron chi connectivity index (χ3n) is 4.33. The number of likely N-dealkylation sites (tertiary alicyclic amines) is 1. The standard InChI is InChI=1S/C20H20N2O5S/c23-17-9-4-10-22(17)18(24)13-27-20(26)15(12-14-6-2-1-3-7-14)21-19(25)16-8-5-11-28-16/h1-3,5-8,11,15H,4,9-10,12-13H2,(H,21,25)/t15-/m0/s1. The molecular formula is C20H20N2O5S. The summed E-state index contributed by atoms with van der Waals surface area (Å²) in [6, 6.07) is 11.7. The molecule has 7 nitrogen and oxygen atoms in total. The summed E-state index contributed by atoms with van der Waals surface area (Å²) in [5.74, 6) is -1.89. The molecule has 0 saturated carbocycles. The molecule has 146 valence electrons. The van der Waals surface area contributed by atoms with Crippen molar-refractivity contribution in [2.24, 2.45) is 0 Å². The Hall–Kier alpha value is -3.00. The molecule has 0 unspecified atom stereocenters. The monoisotopic (exact) mass is 400 g/mol. The van der Waals surface area contributed by atoms with Crippen LogP contribution in [-0.4, -0.2) is 47.8 Å². The van der Waals surface area contributed by atoms with Gasteiger partial charge in [0.25, 0.3) is 11.8 Å². The molecule has 3 amide bonds. The number of imide groups is 1. The van der Waals surface area contributed by atoms with Gasteiger partial charge in [0.2, 0.25) is 5.91 Å². The zero-order chi connectivity index (χ0) is 19.9. The summed E-state index contributed by atoms with van der Waals surface area (Å²) in [5.41, 5.74) is 0.844. The van der Waals surface area contributed by atoms with E-state index in [9.17, 15) is 19.2 Å². The van der Waals surface area contributed by atoms with Gasteiger partial charge in [-0.15, -0.1) is 11.3 Å². The molecule has 28 heavy (non-hydrogen) atoms. The third kappa shape index (κ3) is 5.04. The molecule has 1 aromatic carbocycles. The van der Waals surface area contributed by atoms with Crippen LogP contribution in [0.25, 0.3) is 0 Å². The van der Waals surface area contributed by atoms with E-state index in [1.165, 1.54) is 11.3 Å². The molecule has 1 atom stereocenters. The summed E-state index contributed by atoms with van der Waals surface area (Å²) in [6.07, 6.45) is 1.17. The molecule has 1 aliphatic rings. The molecule has 2 aromatic rings. The highest BCUT2D eigenvalue weighted by molar-refractivity contribution is 7.12. The van der Waals surface area contributed by atoms with E-state index in [4.69, 9.17) is 4.74 Å². The lowest BCUT2D eigenvalue weighted by atomic mass is 10.1. The molecule has 0 spiro atoms. The predicted molar refractivity (Wildman–Crippen MR) is 103 cm³/mol. The van der Waals surface area contributed by atoms with Gasteiger partial charge in [-0.3, -0.25) is 19.3 Å². The van der Waals surface area contributed by atoms with Crippen LogP contribution in [0.4, 0.5) is 0 Å². The van der Waals surface area contributed by atoms with E-state index in [0.29, 0.717) is 24.3 Å². The molecule has 0 radical (unpaired) electrons. The average Bonchev–Trinajstić information content (AvgIpc) is 3.38. The first-order valence-corrected chi connectivity index (χ1v) is 9.80. The minimum absolute atomic E-state index is 0.230. The van der Waals surface area contributed by atoms with Crippen LogP contribution in [0, 0.1) is 0 Å². The summed E-state index contributed by atoms with van der Waals surface area (Å²) < 4.78 is 5.12. The van der Waals surface area contributed by atoms with Crippen molar-refractivity contribution in [3.8, 4) is 0 Å². The second kappa shape index (κ2) is 9.27. The first-order valence-electron chi connectivity index (χ1n) is 8.92. The first kappa shape index (κ1) is 19.8. The Kier molecular flexibility index (Phi) is 6.54. The van der Waals surface area contributed by atoms with Gasteiger partial charge in [0, 0.05) is 19.4 Å². The lowest BCUT2D eigenvalue weighted by Crippen LogP contribution is -2.44. The van der Waals surface area contributed by atoms with Gasteiger partial charge in [0.1, 0.15) is 6.04 Å². The van der Waals surface area contributed by atoms with E-state index < -0.39 is 24.5 Å².